The minimum absolute atomic E-state index is 0. The number of aliphatic imine (C=N–C) groups is 1. The Kier molecular flexibility index (Phi) is 12.3. The largest absolute Gasteiger partial charge is 0.376 e. The molecule has 3 rings (SSSR count). The number of carbonyl (C=O) groups is 1. The van der Waals surface area contributed by atoms with E-state index in [4.69, 9.17) is 4.74 Å². The summed E-state index contributed by atoms with van der Waals surface area (Å²) < 4.78 is 5.92. The second-order valence-corrected chi connectivity index (χ2v) is 8.63. The first-order chi connectivity index (χ1) is 14.7. The fraction of sp³-hybridized carbons (Fsp3) is 0.667. The summed E-state index contributed by atoms with van der Waals surface area (Å²) >= 11 is 0. The highest BCUT2D eigenvalue weighted by Gasteiger charge is 2.25. The Bertz CT molecular complexity index is 665. The van der Waals surface area contributed by atoms with E-state index >= 15 is 0 Å². The lowest BCUT2D eigenvalue weighted by Gasteiger charge is -2.22. The zero-order valence-electron chi connectivity index (χ0n) is 18.9. The average molecular weight is 543 g/mol. The van der Waals surface area contributed by atoms with E-state index in [9.17, 15) is 4.79 Å². The quantitative estimate of drug-likeness (QED) is 0.216. The predicted octanol–water partition coefficient (Wildman–Crippen LogP) is 3.81. The van der Waals surface area contributed by atoms with Crippen molar-refractivity contribution in [3.63, 3.8) is 0 Å². The number of hydrogen-bond donors (Lipinski definition) is 2. The molecule has 0 aromatic heterocycles. The second-order valence-electron chi connectivity index (χ2n) is 8.63. The lowest BCUT2D eigenvalue weighted by molar-refractivity contribution is -0.122. The summed E-state index contributed by atoms with van der Waals surface area (Å²) in [4.78, 5) is 18.8. The van der Waals surface area contributed by atoms with E-state index in [1.807, 2.05) is 25.2 Å². The van der Waals surface area contributed by atoms with Crippen molar-refractivity contribution in [2.24, 2.45) is 16.8 Å². The molecule has 2 N–H and O–H groups in total. The fourth-order valence-corrected chi connectivity index (χ4v) is 4.51. The Labute approximate surface area is 204 Å². The number of nitrogens with one attached hydrogen (secondary N) is 2. The maximum atomic E-state index is 12.1. The van der Waals surface area contributed by atoms with Gasteiger partial charge in [-0.2, -0.15) is 0 Å². The number of nitrogens with zero attached hydrogens (tertiary/aromatic N) is 2. The summed E-state index contributed by atoms with van der Waals surface area (Å²) in [6.45, 7) is 4.75. The van der Waals surface area contributed by atoms with Crippen LogP contribution >= 0.6 is 24.0 Å². The van der Waals surface area contributed by atoms with Gasteiger partial charge in [0.2, 0.25) is 5.91 Å². The zero-order valence-corrected chi connectivity index (χ0v) is 21.2. The number of halogens is 1. The minimum atomic E-state index is 0. The van der Waals surface area contributed by atoms with Crippen molar-refractivity contribution in [1.82, 2.24) is 15.5 Å². The van der Waals surface area contributed by atoms with E-state index in [0.29, 0.717) is 38.0 Å². The van der Waals surface area contributed by atoms with Gasteiger partial charge >= 0.3 is 0 Å². The summed E-state index contributed by atoms with van der Waals surface area (Å²) in [5, 5.41) is 6.45. The molecule has 1 heterocycles. The number of guanidine groups is 1. The molecule has 174 valence electrons. The molecule has 1 aliphatic carbocycles. The monoisotopic (exact) mass is 542 g/mol. The van der Waals surface area contributed by atoms with Crippen molar-refractivity contribution in [2.45, 2.75) is 51.6 Å². The lowest BCUT2D eigenvalue weighted by Crippen LogP contribution is -2.43. The van der Waals surface area contributed by atoms with E-state index in [1.165, 1.54) is 37.7 Å². The molecule has 2 fully saturated rings. The maximum absolute atomic E-state index is 12.1. The van der Waals surface area contributed by atoms with Crippen LogP contribution in [0.2, 0.25) is 0 Å². The Morgan fingerprint density at radius 3 is 2.55 bits per heavy atom. The van der Waals surface area contributed by atoms with Gasteiger partial charge in [-0.25, -0.2) is 0 Å². The number of hydrogen-bond acceptors (Lipinski definition) is 3. The molecule has 0 radical (unpaired) electrons. The van der Waals surface area contributed by atoms with Gasteiger partial charge < -0.3 is 20.3 Å². The third-order valence-corrected chi connectivity index (χ3v) is 6.19. The molecule has 31 heavy (non-hydrogen) atoms. The van der Waals surface area contributed by atoms with Crippen LogP contribution in [0, 0.1) is 11.8 Å². The molecule has 0 spiro atoms. The number of amides is 1. The maximum Gasteiger partial charge on any atom is 0.220 e. The number of carbonyl (C=O) groups excluding carboxylic acids is 1. The van der Waals surface area contributed by atoms with E-state index < -0.39 is 0 Å². The molecule has 1 aliphatic heterocycles. The van der Waals surface area contributed by atoms with Crippen LogP contribution in [0.5, 0.6) is 0 Å². The number of ether oxygens (including phenoxy) is 1. The van der Waals surface area contributed by atoms with E-state index in [2.05, 4.69) is 32.7 Å². The van der Waals surface area contributed by atoms with Gasteiger partial charge in [-0.15, -0.1) is 24.0 Å². The second kappa shape index (κ2) is 14.7. The molecule has 7 heteroatoms. The number of benzene rings is 1. The molecular weight excluding hydrogens is 503 g/mol. The standard InChI is InChI=1S/C24H38N4O2.HI/c1-25-24(27-14-13-26-23(29)16-20-8-4-2-5-9-20)28-15-12-22(17-28)19-30-18-21-10-6-3-7-11-21;/h3,6-7,10-11,20,22H,2,4-5,8-9,12-19H2,1H3,(H,25,27)(H,26,29);1H. The molecular formula is C24H39IN4O2. The molecule has 1 unspecified atom stereocenters. The van der Waals surface area contributed by atoms with Crippen molar-refractivity contribution < 1.29 is 9.53 Å². The molecule has 2 aliphatic rings. The van der Waals surface area contributed by atoms with Crippen LogP contribution in [-0.4, -0.2) is 56.6 Å². The molecule has 1 saturated carbocycles. The molecule has 1 aromatic carbocycles. The normalized spacial score (nSPS) is 19.7. The molecule has 6 nitrogen and oxygen atoms in total. The lowest BCUT2D eigenvalue weighted by atomic mass is 9.87. The van der Waals surface area contributed by atoms with Gasteiger partial charge in [0.1, 0.15) is 0 Å². The van der Waals surface area contributed by atoms with Crippen LogP contribution in [-0.2, 0) is 16.1 Å². The topological polar surface area (TPSA) is 66.0 Å². The van der Waals surface area contributed by atoms with Crippen LogP contribution in [0.15, 0.2) is 35.3 Å². The SMILES string of the molecule is CN=C(NCCNC(=O)CC1CCCCC1)N1CCC(COCc2ccccc2)C1.I. The average Bonchev–Trinajstić information content (AvgIpc) is 3.24. The first-order valence-electron chi connectivity index (χ1n) is 11.6. The molecule has 1 amide bonds. The van der Waals surface area contributed by atoms with Gasteiger partial charge in [-0.05, 0) is 30.7 Å². The predicted molar refractivity (Wildman–Crippen MR) is 137 cm³/mol. The van der Waals surface area contributed by atoms with Crippen molar-refractivity contribution in [2.75, 3.05) is 39.8 Å². The third kappa shape index (κ3) is 9.35. The molecule has 1 aromatic rings. The van der Waals surface area contributed by atoms with Crippen molar-refractivity contribution in [3.05, 3.63) is 35.9 Å². The van der Waals surface area contributed by atoms with Crippen LogP contribution in [0.25, 0.3) is 0 Å². The van der Waals surface area contributed by atoms with Gasteiger partial charge in [0, 0.05) is 45.6 Å². The van der Waals surface area contributed by atoms with Crippen LogP contribution in [0.1, 0.15) is 50.5 Å². The number of likely N-dealkylation sites (tertiary alicyclic amines) is 1. The molecule has 1 saturated heterocycles. The highest BCUT2D eigenvalue weighted by atomic mass is 127. The summed E-state index contributed by atoms with van der Waals surface area (Å²) in [6, 6.07) is 10.3. The smallest absolute Gasteiger partial charge is 0.220 e. The van der Waals surface area contributed by atoms with Gasteiger partial charge in [0.25, 0.3) is 0 Å². The summed E-state index contributed by atoms with van der Waals surface area (Å²) in [5.41, 5.74) is 1.22. The minimum Gasteiger partial charge on any atom is -0.376 e. The molecule has 0 bridgehead atoms. The van der Waals surface area contributed by atoms with Gasteiger partial charge in [0.15, 0.2) is 5.96 Å². The van der Waals surface area contributed by atoms with E-state index in [0.717, 1.165) is 32.1 Å². The Hall–Kier alpha value is -1.35. The zero-order chi connectivity index (χ0) is 21.0. The highest BCUT2D eigenvalue weighted by molar-refractivity contribution is 14.0. The highest BCUT2D eigenvalue weighted by Crippen LogP contribution is 2.26. The fourth-order valence-electron chi connectivity index (χ4n) is 4.51. The summed E-state index contributed by atoms with van der Waals surface area (Å²) in [6.07, 6.45) is 8.12. The Morgan fingerprint density at radius 2 is 1.81 bits per heavy atom. The van der Waals surface area contributed by atoms with E-state index in [-0.39, 0.29) is 29.9 Å². The first kappa shape index (κ1) is 25.9. The Balaban J connectivity index is 0.00000341. The van der Waals surface area contributed by atoms with Crippen LogP contribution < -0.4 is 10.6 Å². The van der Waals surface area contributed by atoms with Crippen molar-refractivity contribution in [1.29, 1.82) is 0 Å². The molecule has 1 atom stereocenters. The van der Waals surface area contributed by atoms with Crippen molar-refractivity contribution in [3.8, 4) is 0 Å². The van der Waals surface area contributed by atoms with Crippen LogP contribution in [0.3, 0.4) is 0 Å². The van der Waals surface area contributed by atoms with Gasteiger partial charge in [0.05, 0.1) is 13.2 Å². The summed E-state index contributed by atoms with van der Waals surface area (Å²) in [5.74, 6) is 2.23. The Morgan fingerprint density at radius 1 is 1.06 bits per heavy atom. The van der Waals surface area contributed by atoms with Gasteiger partial charge in [-0.1, -0.05) is 49.6 Å². The van der Waals surface area contributed by atoms with Crippen molar-refractivity contribution >= 4 is 35.8 Å². The summed E-state index contributed by atoms with van der Waals surface area (Å²) in [7, 11) is 1.82. The third-order valence-electron chi connectivity index (χ3n) is 6.19. The van der Waals surface area contributed by atoms with E-state index in [1.54, 1.807) is 0 Å². The van der Waals surface area contributed by atoms with Crippen LogP contribution in [0.4, 0.5) is 0 Å². The number of rotatable bonds is 9. The first-order valence-corrected chi connectivity index (χ1v) is 11.6. The van der Waals surface area contributed by atoms with Gasteiger partial charge in [-0.3, -0.25) is 9.79 Å².